The number of hydrogen-bond donors (Lipinski definition) is 1. The normalized spacial score (nSPS) is 13.0. The highest BCUT2D eigenvalue weighted by Crippen LogP contribution is 2.44. The zero-order chi connectivity index (χ0) is 8.48. The summed E-state index contributed by atoms with van der Waals surface area (Å²) >= 11 is 0. The van der Waals surface area contributed by atoms with Crippen LogP contribution < -0.4 is 5.73 Å². The molecule has 0 spiro atoms. The largest absolute Gasteiger partial charge is 0.384 e. The summed E-state index contributed by atoms with van der Waals surface area (Å²) in [6.07, 6.45) is 8.57. The second-order valence-corrected chi connectivity index (χ2v) is 7.40. The number of pyridine rings is 1. The minimum Gasteiger partial charge on any atom is -0.384 e. The van der Waals surface area contributed by atoms with Gasteiger partial charge in [0, 0.05) is 11.1 Å². The number of aromatic nitrogens is 1. The van der Waals surface area contributed by atoms with Gasteiger partial charge in [-0.05, 0) is 30.9 Å². The maximum Gasteiger partial charge on any atom is 0.123 e. The van der Waals surface area contributed by atoms with E-state index in [1.165, 1.54) is 4.90 Å². The summed E-state index contributed by atoms with van der Waals surface area (Å²) in [5.74, 6) is 0.595. The first-order valence-corrected chi connectivity index (χ1v) is 6.26. The van der Waals surface area contributed by atoms with Gasteiger partial charge < -0.3 is 5.73 Å². The Balaban J connectivity index is 2.99. The van der Waals surface area contributed by atoms with Gasteiger partial charge in [0.2, 0.25) is 0 Å². The number of rotatable bonds is 1. The highest BCUT2D eigenvalue weighted by atomic mass is 32.3. The molecule has 0 aliphatic carbocycles. The Morgan fingerprint density at radius 1 is 1.27 bits per heavy atom. The van der Waals surface area contributed by atoms with Crippen LogP contribution in [0.25, 0.3) is 0 Å². The zero-order valence-electron chi connectivity index (χ0n) is 7.16. The van der Waals surface area contributed by atoms with Gasteiger partial charge in [-0.1, -0.05) is 0 Å². The fraction of sp³-hybridized carbons (Fsp3) is 0.375. The second kappa shape index (κ2) is 2.74. The number of nitrogens with two attached hydrogens (primary N) is 1. The summed E-state index contributed by atoms with van der Waals surface area (Å²) in [5.41, 5.74) is 5.47. The topological polar surface area (TPSA) is 38.9 Å². The summed E-state index contributed by atoms with van der Waals surface area (Å²) in [6.45, 7) is 0. The first kappa shape index (κ1) is 8.40. The van der Waals surface area contributed by atoms with Crippen molar-refractivity contribution in [2.45, 2.75) is 4.90 Å². The summed E-state index contributed by atoms with van der Waals surface area (Å²) in [6, 6.07) is 3.91. The second-order valence-electron chi connectivity index (χ2n) is 3.26. The Hall–Kier alpha value is -0.700. The van der Waals surface area contributed by atoms with Crippen molar-refractivity contribution in [2.75, 3.05) is 24.5 Å². The quantitative estimate of drug-likeness (QED) is 0.697. The van der Waals surface area contributed by atoms with Crippen molar-refractivity contribution in [1.29, 1.82) is 0 Å². The maximum absolute atomic E-state index is 5.47. The van der Waals surface area contributed by atoms with Gasteiger partial charge in [0.25, 0.3) is 0 Å². The average Bonchev–Trinajstić information content (AvgIpc) is 1.86. The van der Waals surface area contributed by atoms with Crippen LogP contribution in [0.2, 0.25) is 0 Å². The van der Waals surface area contributed by atoms with E-state index in [1.807, 2.05) is 12.3 Å². The Morgan fingerprint density at radius 2 is 1.91 bits per heavy atom. The van der Waals surface area contributed by atoms with Crippen molar-refractivity contribution in [3.05, 3.63) is 18.3 Å². The molecule has 1 aromatic heterocycles. The van der Waals surface area contributed by atoms with E-state index in [0.29, 0.717) is 5.82 Å². The van der Waals surface area contributed by atoms with Crippen LogP contribution >= 0.6 is 10.0 Å². The molecule has 0 aromatic carbocycles. The van der Waals surface area contributed by atoms with Crippen LogP contribution in [0, 0.1) is 0 Å². The smallest absolute Gasteiger partial charge is 0.123 e. The van der Waals surface area contributed by atoms with Gasteiger partial charge in [0.1, 0.15) is 5.82 Å². The molecule has 0 saturated carbocycles. The van der Waals surface area contributed by atoms with E-state index >= 15 is 0 Å². The third-order valence-electron chi connectivity index (χ3n) is 1.47. The van der Waals surface area contributed by atoms with Gasteiger partial charge in [-0.15, -0.1) is 0 Å². The van der Waals surface area contributed by atoms with Crippen LogP contribution in [0.5, 0.6) is 0 Å². The maximum atomic E-state index is 5.47. The lowest BCUT2D eigenvalue weighted by Crippen LogP contribution is -1.95. The van der Waals surface area contributed by atoms with Crippen LogP contribution in [0.1, 0.15) is 0 Å². The third-order valence-corrected chi connectivity index (χ3v) is 3.12. The molecule has 0 fully saturated rings. The monoisotopic (exact) mass is 170 g/mol. The fourth-order valence-corrected chi connectivity index (χ4v) is 1.60. The lowest BCUT2D eigenvalue weighted by atomic mass is 10.5. The van der Waals surface area contributed by atoms with E-state index < -0.39 is 10.0 Å². The Labute approximate surface area is 69.1 Å². The molecule has 2 N–H and O–H groups in total. The van der Waals surface area contributed by atoms with Gasteiger partial charge >= 0.3 is 0 Å². The van der Waals surface area contributed by atoms with Crippen LogP contribution in [0.15, 0.2) is 23.2 Å². The predicted molar refractivity (Wildman–Crippen MR) is 52.3 cm³/mol. The number of anilines is 1. The fourth-order valence-electron chi connectivity index (χ4n) is 0.754. The molecule has 0 radical (unpaired) electrons. The molecule has 62 valence electrons. The molecule has 0 unspecified atom stereocenters. The first-order valence-electron chi connectivity index (χ1n) is 3.40. The Bertz CT molecular complexity index is 235. The van der Waals surface area contributed by atoms with Crippen molar-refractivity contribution in [3.8, 4) is 0 Å². The van der Waals surface area contributed by atoms with Gasteiger partial charge in [0.15, 0.2) is 0 Å². The summed E-state index contributed by atoms with van der Waals surface area (Å²) in [5, 5.41) is 0. The molecule has 1 heterocycles. The lowest BCUT2D eigenvalue weighted by molar-refractivity contribution is 1.24. The summed E-state index contributed by atoms with van der Waals surface area (Å²) in [4.78, 5) is 5.34. The molecule has 0 aliphatic heterocycles. The van der Waals surface area contributed by atoms with E-state index in [9.17, 15) is 0 Å². The van der Waals surface area contributed by atoms with Gasteiger partial charge in [0.05, 0.1) is 0 Å². The third kappa shape index (κ3) is 2.12. The van der Waals surface area contributed by atoms with Crippen LogP contribution in [0.3, 0.4) is 0 Å². The Kier molecular flexibility index (Phi) is 2.09. The van der Waals surface area contributed by atoms with Gasteiger partial charge in [-0.2, -0.15) is 0 Å². The summed E-state index contributed by atoms with van der Waals surface area (Å²) < 4.78 is 0. The molecule has 0 atom stereocenters. The van der Waals surface area contributed by atoms with E-state index in [-0.39, 0.29) is 0 Å². The predicted octanol–water partition coefficient (Wildman–Crippen LogP) is 1.72. The highest BCUT2D eigenvalue weighted by molar-refractivity contribution is 8.32. The van der Waals surface area contributed by atoms with E-state index in [4.69, 9.17) is 5.73 Å². The minimum absolute atomic E-state index is 0.595. The van der Waals surface area contributed by atoms with Crippen LogP contribution in [0.4, 0.5) is 5.82 Å². The van der Waals surface area contributed by atoms with Gasteiger partial charge in [-0.3, -0.25) is 0 Å². The van der Waals surface area contributed by atoms with Crippen LogP contribution in [-0.4, -0.2) is 23.8 Å². The molecule has 0 amide bonds. The SMILES string of the molecule is CS(C)(C)c1ccc(N)nc1. The number of hydrogen-bond acceptors (Lipinski definition) is 2. The lowest BCUT2D eigenvalue weighted by Gasteiger charge is -2.24. The van der Waals surface area contributed by atoms with Crippen molar-refractivity contribution in [1.82, 2.24) is 4.98 Å². The Morgan fingerprint density at radius 3 is 2.27 bits per heavy atom. The standard InChI is InChI=1S/C8H14N2S/c1-11(2,3)7-4-5-8(9)10-6-7/h4-6H,1-3H3,(H2,9,10). The van der Waals surface area contributed by atoms with E-state index in [0.717, 1.165) is 0 Å². The first-order chi connectivity index (χ1) is 5.00. The molecule has 2 nitrogen and oxygen atoms in total. The van der Waals surface area contributed by atoms with Crippen molar-refractivity contribution in [3.63, 3.8) is 0 Å². The molecule has 1 aromatic rings. The number of nitrogen functional groups attached to an aromatic ring is 1. The van der Waals surface area contributed by atoms with Crippen molar-refractivity contribution >= 4 is 15.8 Å². The molecular formula is C8H14N2S. The van der Waals surface area contributed by atoms with Crippen molar-refractivity contribution in [2.24, 2.45) is 0 Å². The summed E-state index contributed by atoms with van der Waals surface area (Å²) in [7, 11) is -0.638. The zero-order valence-corrected chi connectivity index (χ0v) is 7.98. The highest BCUT2D eigenvalue weighted by Gasteiger charge is 2.06. The number of nitrogens with zero attached hydrogens (tertiary/aromatic N) is 1. The molecular weight excluding hydrogens is 156 g/mol. The molecule has 3 heteroatoms. The molecule has 11 heavy (non-hydrogen) atoms. The molecule has 1 rings (SSSR count). The molecule has 0 aliphatic rings. The van der Waals surface area contributed by atoms with Crippen LogP contribution in [-0.2, 0) is 0 Å². The molecule has 0 bridgehead atoms. The molecule has 0 saturated heterocycles. The van der Waals surface area contributed by atoms with Gasteiger partial charge in [-0.25, -0.2) is 15.0 Å². The van der Waals surface area contributed by atoms with E-state index in [2.05, 4.69) is 29.8 Å². The van der Waals surface area contributed by atoms with Crippen molar-refractivity contribution < 1.29 is 0 Å². The average molecular weight is 170 g/mol. The minimum atomic E-state index is -0.638. The van der Waals surface area contributed by atoms with E-state index in [1.54, 1.807) is 0 Å².